The molecule has 0 aromatic carbocycles. The molecule has 14 unspecified atom stereocenters. The van der Waals surface area contributed by atoms with Crippen LogP contribution in [0.5, 0.6) is 0 Å². The molecule has 0 N–H and O–H groups in total. The molecular formula is H22P20S2. The summed E-state index contributed by atoms with van der Waals surface area (Å²) >= 11 is 10.7. The van der Waals surface area contributed by atoms with Gasteiger partial charge in [-0.05, 0) is 63.9 Å². The van der Waals surface area contributed by atoms with Gasteiger partial charge in [0.15, 0.2) is 0 Å². The molecule has 0 aliphatic rings. The highest BCUT2D eigenvalue weighted by molar-refractivity contribution is 9.34. The first-order valence-corrected chi connectivity index (χ1v) is 43.3. The number of hydrogen-bond donors (Lipinski definition) is 1. The summed E-state index contributed by atoms with van der Waals surface area (Å²) in [6, 6.07) is 0. The molecule has 134 valence electrons. The first-order chi connectivity index (χ1) is 9.80. The average molecular weight is 706 g/mol. The van der Waals surface area contributed by atoms with Crippen LogP contribution in [0.15, 0.2) is 0 Å². The quantitative estimate of drug-likeness (QED) is 0.184. The maximum atomic E-state index is 5.82. The zero-order valence-electron chi connectivity index (χ0n) is 11.2. The van der Waals surface area contributed by atoms with Gasteiger partial charge in [-0.2, -0.15) is 0 Å². The molecule has 0 saturated heterocycles. The van der Waals surface area contributed by atoms with Crippen molar-refractivity contribution in [1.29, 1.82) is 0 Å². The average Bonchev–Trinajstić information content (AvgIpc) is 2.29. The van der Waals surface area contributed by atoms with Gasteiger partial charge in [0.05, 0.1) is 0 Å². The van der Waals surface area contributed by atoms with Gasteiger partial charge < -0.3 is 0 Å². The summed E-state index contributed by atoms with van der Waals surface area (Å²) in [5, 5.41) is 0. The third kappa shape index (κ3) is 12.4. The van der Waals surface area contributed by atoms with E-state index in [1.54, 1.807) is 0 Å². The smallest absolute Gasteiger partial charge is 0.0475 e. The molecule has 0 aromatic heterocycles. The topological polar surface area (TPSA) is 0 Å². The van der Waals surface area contributed by atoms with E-state index in [0.717, 1.165) is 7.96 Å². The summed E-state index contributed by atoms with van der Waals surface area (Å²) in [5.41, 5.74) is 0. The SMILES string of the molecule is PP(P)P(PP(P(P(P)P)P(P)P)P(P)P(P)(=S)S)P(P)P. The maximum absolute atomic E-state index is 5.82. The summed E-state index contributed by atoms with van der Waals surface area (Å²) in [5.74, 6) is 0. The molecule has 0 nitrogen and oxygen atoms in total. The van der Waals surface area contributed by atoms with Gasteiger partial charge in [-0.3, -0.25) is 0 Å². The third-order valence-corrected chi connectivity index (χ3v) is 137. The first-order valence-electron chi connectivity index (χ1n) is 4.81. The molecule has 0 aliphatic carbocycles. The highest BCUT2D eigenvalue weighted by Crippen LogP contribution is 3.26. The minimum atomic E-state index is -1.56. The van der Waals surface area contributed by atoms with Gasteiger partial charge >= 0.3 is 0 Å². The Bertz CT molecular complexity index is 333. The van der Waals surface area contributed by atoms with Gasteiger partial charge in [0.25, 0.3) is 0 Å². The van der Waals surface area contributed by atoms with E-state index in [9.17, 15) is 0 Å². The molecule has 0 heterocycles. The lowest BCUT2D eigenvalue weighted by molar-refractivity contribution is 4.54. The van der Waals surface area contributed by atoms with E-state index in [1.807, 2.05) is 0 Å². The van der Waals surface area contributed by atoms with Gasteiger partial charge in [-0.1, -0.05) is 29.7 Å². The van der Waals surface area contributed by atoms with Crippen LogP contribution in [-0.4, -0.2) is 0 Å². The first kappa shape index (κ1) is 31.2. The molecule has 0 amide bonds. The second-order valence-corrected chi connectivity index (χ2v) is 91.2. The fraction of sp³-hybridized carbons (Fsp3) is 0. The number of hydrogen-bond acceptors (Lipinski definition) is 1. The second kappa shape index (κ2) is 15.9. The van der Waals surface area contributed by atoms with E-state index in [1.165, 1.54) is 0 Å². The van der Waals surface area contributed by atoms with Crippen LogP contribution in [0.4, 0.5) is 0 Å². The van der Waals surface area contributed by atoms with Crippen molar-refractivity contribution in [1.82, 2.24) is 0 Å². The van der Waals surface area contributed by atoms with Crippen molar-refractivity contribution in [3.63, 3.8) is 0 Å². The van der Waals surface area contributed by atoms with Crippen molar-refractivity contribution in [2.24, 2.45) is 0 Å². The predicted molar refractivity (Wildman–Crippen MR) is 184 cm³/mol. The van der Waals surface area contributed by atoms with E-state index in [-0.39, 0.29) is 55.9 Å². The van der Waals surface area contributed by atoms with Crippen molar-refractivity contribution >= 4 is 182 Å². The van der Waals surface area contributed by atoms with Crippen LogP contribution in [-0.2, 0) is 11.8 Å². The summed E-state index contributed by atoms with van der Waals surface area (Å²) in [6.45, 7) is -0.180. The Balaban J connectivity index is 5.64. The van der Waals surface area contributed by atoms with E-state index in [4.69, 9.17) is 24.1 Å². The standard InChI is InChI=1S/H22P20S2/c1-12(2)17(13(3)4)11-18(16(9)20(10,21)22)19(14(5)6)15(7)8/h11H,1-10H2,(H,21,22). The zero-order valence-corrected chi connectivity index (χ0v) is 33.5. The van der Waals surface area contributed by atoms with Crippen LogP contribution in [0.2, 0.25) is 0 Å². The zero-order chi connectivity index (χ0) is 17.8. The summed E-state index contributed by atoms with van der Waals surface area (Å²) in [4.78, 5) is 0. The summed E-state index contributed by atoms with van der Waals surface area (Å²) in [7, 11) is 32.1. The van der Waals surface area contributed by atoms with Crippen LogP contribution in [0.3, 0.4) is 0 Å². The molecule has 0 radical (unpaired) electrons. The molecule has 0 bridgehead atoms. The molecule has 14 atom stereocenters. The Hall–Kier alpha value is 9.17. The van der Waals surface area contributed by atoms with Crippen LogP contribution >= 0.6 is 170 Å². The minimum Gasteiger partial charge on any atom is -0.133 e. The fourth-order valence-corrected chi connectivity index (χ4v) is 220. The van der Waals surface area contributed by atoms with E-state index >= 15 is 0 Å². The van der Waals surface area contributed by atoms with Crippen molar-refractivity contribution in [2.45, 2.75) is 0 Å². The summed E-state index contributed by atoms with van der Waals surface area (Å²) in [6.07, 6.45) is 0. The fourth-order valence-electron chi connectivity index (χ4n) is 0.907. The molecule has 0 rings (SSSR count). The lowest BCUT2D eigenvalue weighted by atomic mass is 28.6. The largest absolute Gasteiger partial charge is 0.133 e. The Kier molecular flexibility index (Phi) is 22.5. The minimum absolute atomic E-state index is 0.000709. The lowest BCUT2D eigenvalue weighted by Gasteiger charge is -2.41. The van der Waals surface area contributed by atoms with Crippen molar-refractivity contribution in [2.75, 3.05) is 0 Å². The lowest BCUT2D eigenvalue weighted by Crippen LogP contribution is -1.54. The predicted octanol–water partition coefficient (Wildman–Crippen LogP) is 12.0. The van der Waals surface area contributed by atoms with E-state index < -0.39 is 4.62 Å². The molecule has 0 fully saturated rings. The number of thiol groups is 1. The Morgan fingerprint density at radius 3 is 1.32 bits per heavy atom. The van der Waals surface area contributed by atoms with Crippen LogP contribution < -0.4 is 0 Å². The van der Waals surface area contributed by atoms with E-state index in [0.29, 0.717) is 0 Å². The Morgan fingerprint density at radius 1 is 0.727 bits per heavy atom. The molecule has 0 aliphatic heterocycles. The molecule has 22 heavy (non-hydrogen) atoms. The van der Waals surface area contributed by atoms with Crippen molar-refractivity contribution in [3.8, 4) is 0 Å². The maximum Gasteiger partial charge on any atom is 0.0475 e. The van der Waals surface area contributed by atoms with Gasteiger partial charge in [0, 0.05) is 4.62 Å². The second-order valence-electron chi connectivity index (χ2n) is 3.38. The Labute approximate surface area is 180 Å². The Morgan fingerprint density at radius 2 is 1.09 bits per heavy atom. The molecule has 22 heteroatoms. The number of rotatable bonds is 9. The van der Waals surface area contributed by atoms with Crippen molar-refractivity contribution < 1.29 is 0 Å². The van der Waals surface area contributed by atoms with Crippen molar-refractivity contribution in [3.05, 3.63) is 0 Å². The van der Waals surface area contributed by atoms with Crippen LogP contribution in [0.25, 0.3) is 0 Å². The van der Waals surface area contributed by atoms with Gasteiger partial charge in [0.2, 0.25) is 0 Å². The van der Waals surface area contributed by atoms with E-state index in [2.05, 4.69) is 89.3 Å². The van der Waals surface area contributed by atoms with Crippen LogP contribution in [0, 0.1) is 0 Å². The molecule has 0 aromatic rings. The molecular weight excluding hydrogens is 684 g/mol. The highest BCUT2D eigenvalue weighted by Gasteiger charge is 2.38. The van der Waals surface area contributed by atoms with Gasteiger partial charge in [0.1, 0.15) is 0 Å². The highest BCUT2D eigenvalue weighted by atomic mass is 33.4. The molecule has 0 spiro atoms. The normalized spacial score (nSPS) is 19.3. The monoisotopic (exact) mass is 706 g/mol. The van der Waals surface area contributed by atoms with Gasteiger partial charge in [-0.15, -0.1) is 83.7 Å². The van der Waals surface area contributed by atoms with Gasteiger partial charge in [-0.25, -0.2) is 0 Å². The summed E-state index contributed by atoms with van der Waals surface area (Å²) < 4.78 is -1.56. The molecule has 0 saturated carbocycles. The van der Waals surface area contributed by atoms with Crippen LogP contribution in [0.1, 0.15) is 0 Å². The third-order valence-electron chi connectivity index (χ3n) is 1.69.